The fraction of sp³-hybridized carbons (Fsp3) is 0.250. The van der Waals surface area contributed by atoms with Crippen molar-refractivity contribution in [3.63, 3.8) is 0 Å². The van der Waals surface area contributed by atoms with E-state index in [9.17, 15) is 0 Å². The van der Waals surface area contributed by atoms with Crippen molar-refractivity contribution >= 4 is 67.2 Å². The second kappa shape index (κ2) is 17.2. The van der Waals surface area contributed by atoms with Crippen molar-refractivity contribution < 1.29 is 0 Å². The minimum atomic E-state index is 0. The van der Waals surface area contributed by atoms with Crippen LogP contribution >= 0.6 is 0 Å². The van der Waals surface area contributed by atoms with Gasteiger partial charge in [0.25, 0.3) is 0 Å². The van der Waals surface area contributed by atoms with Gasteiger partial charge in [-0.05, 0) is 45.4 Å². The van der Waals surface area contributed by atoms with Gasteiger partial charge >= 0.3 is 128 Å². The zero-order chi connectivity index (χ0) is 20.8. The van der Waals surface area contributed by atoms with E-state index < -0.39 is 0 Å². The summed E-state index contributed by atoms with van der Waals surface area (Å²) in [5.74, 6) is 0. The minimum absolute atomic E-state index is 0. The Balaban J connectivity index is 0.000000440. The van der Waals surface area contributed by atoms with Crippen molar-refractivity contribution in [2.45, 2.75) is 13.1 Å². The average molecular weight is 712 g/mol. The third kappa shape index (κ3) is 15.9. The molecule has 0 N–H and O–H groups in total. The first-order valence-electron chi connectivity index (χ1n) is 9.10. The molecule has 0 saturated carbocycles. The fourth-order valence-corrected chi connectivity index (χ4v) is 2.94. The van der Waals surface area contributed by atoms with E-state index in [1.165, 1.54) is 20.1 Å². The van der Waals surface area contributed by atoms with E-state index in [1.54, 1.807) is 0 Å². The quantitative estimate of drug-likeness (QED) is 0.384. The number of nitrogens with zero attached hydrogens (tertiary/aromatic N) is 2. The first-order valence-corrected chi connectivity index (χ1v) is 10.8. The third-order valence-electron chi connectivity index (χ3n) is 3.38. The third-order valence-corrected chi connectivity index (χ3v) is 4.52. The molecule has 0 saturated heterocycles. The van der Waals surface area contributed by atoms with Crippen molar-refractivity contribution in [3.05, 3.63) is 96.1 Å². The van der Waals surface area contributed by atoms with Crippen molar-refractivity contribution in [2.24, 2.45) is 0 Å². The van der Waals surface area contributed by atoms with Gasteiger partial charge in [0.05, 0.1) is 0 Å². The van der Waals surface area contributed by atoms with Crippen molar-refractivity contribution in [1.29, 1.82) is 0 Å². The molecule has 0 spiro atoms. The molecule has 0 unspecified atom stereocenters. The van der Waals surface area contributed by atoms with E-state index in [1.807, 2.05) is 60.7 Å². The van der Waals surface area contributed by atoms with Gasteiger partial charge in [-0.2, -0.15) is 0 Å². The first kappa shape index (κ1) is 28.5. The molecule has 0 bridgehead atoms. The van der Waals surface area contributed by atoms with Crippen molar-refractivity contribution in [2.75, 3.05) is 28.2 Å². The topological polar surface area (TPSA) is 6.48 Å². The monoisotopic (exact) mass is 714 g/mol. The molecular weight excluding hydrogens is 683 g/mol. The summed E-state index contributed by atoms with van der Waals surface area (Å²) < 4.78 is 2.39. The molecular formula is C24H29BiN2Se2. The molecule has 3 rings (SSSR count). The van der Waals surface area contributed by atoms with Crippen LogP contribution < -0.4 is 8.92 Å². The Bertz CT molecular complexity index is 703. The molecule has 4 radical (unpaired) electrons. The van der Waals surface area contributed by atoms with Gasteiger partial charge < -0.3 is 9.80 Å². The van der Waals surface area contributed by atoms with Crippen LogP contribution in [0.15, 0.2) is 78.9 Å². The SMILES string of the molecule is CN(C)Cc1[c]c(CN(C)C)ccc1.[Bi+2].[Se-]c1ccccc1.[Se-]c1ccccc1. The maximum atomic E-state index is 3.42. The Labute approximate surface area is 212 Å². The zero-order valence-electron chi connectivity index (χ0n) is 17.6. The Morgan fingerprint density at radius 2 is 0.931 bits per heavy atom. The molecule has 0 aromatic heterocycles. The van der Waals surface area contributed by atoms with E-state index in [-0.39, 0.29) is 26.2 Å². The molecule has 0 aliphatic carbocycles. The number of hydrogen-bond donors (Lipinski definition) is 0. The summed E-state index contributed by atoms with van der Waals surface area (Å²) in [6.07, 6.45) is 0. The van der Waals surface area contributed by atoms with Gasteiger partial charge in [0.1, 0.15) is 0 Å². The van der Waals surface area contributed by atoms with Crippen LogP contribution in [-0.2, 0) is 13.1 Å². The summed E-state index contributed by atoms with van der Waals surface area (Å²) in [6.45, 7) is 1.92. The Morgan fingerprint density at radius 1 is 0.586 bits per heavy atom. The number of rotatable bonds is 4. The average Bonchev–Trinajstić information content (AvgIpc) is 2.63. The molecule has 3 aromatic carbocycles. The molecule has 0 fully saturated rings. The molecule has 0 heterocycles. The molecule has 0 atom stereocenters. The van der Waals surface area contributed by atoms with Gasteiger partial charge in [0.2, 0.25) is 0 Å². The summed E-state index contributed by atoms with van der Waals surface area (Å²) in [5, 5.41) is 0. The summed E-state index contributed by atoms with van der Waals surface area (Å²) in [4.78, 5) is 4.32. The van der Waals surface area contributed by atoms with Gasteiger partial charge in [-0.1, -0.05) is 18.2 Å². The Morgan fingerprint density at radius 3 is 1.17 bits per heavy atom. The Hall–Kier alpha value is -0.498. The van der Waals surface area contributed by atoms with Crippen LogP contribution in [0.3, 0.4) is 0 Å². The van der Waals surface area contributed by atoms with Crippen LogP contribution in [0, 0.1) is 6.07 Å². The molecule has 0 aliphatic rings. The van der Waals surface area contributed by atoms with E-state index >= 15 is 0 Å². The summed E-state index contributed by atoms with van der Waals surface area (Å²) in [6, 6.07) is 29.9. The number of hydrogen-bond acceptors (Lipinski definition) is 2. The van der Waals surface area contributed by atoms with Gasteiger partial charge in [0.15, 0.2) is 0 Å². The van der Waals surface area contributed by atoms with Crippen LogP contribution in [0.4, 0.5) is 0 Å². The van der Waals surface area contributed by atoms with Crippen LogP contribution in [-0.4, -0.2) is 96.2 Å². The van der Waals surface area contributed by atoms with Crippen molar-refractivity contribution in [1.82, 2.24) is 9.80 Å². The molecule has 2 nitrogen and oxygen atoms in total. The van der Waals surface area contributed by atoms with E-state index in [2.05, 4.69) is 94.3 Å². The molecule has 5 heteroatoms. The van der Waals surface area contributed by atoms with Crippen LogP contribution in [0.25, 0.3) is 0 Å². The van der Waals surface area contributed by atoms with Gasteiger partial charge in [-0.3, -0.25) is 0 Å². The van der Waals surface area contributed by atoms with Gasteiger partial charge in [-0.25, -0.2) is 0 Å². The summed E-state index contributed by atoms with van der Waals surface area (Å²) in [5.41, 5.74) is 2.52. The van der Waals surface area contributed by atoms with Gasteiger partial charge in [-0.15, -0.1) is 0 Å². The molecule has 3 aromatic rings. The maximum absolute atomic E-state index is 3.42. The standard InChI is InChI=1S/C12H19N2.2C6H6Se.Bi/c1-13(2)9-11-6-5-7-12(8-11)10-14(3)4;2*7-6-4-2-1-3-5-6;/h5-7H,9-10H2,1-4H3;2*1-5,7H;/q;;;+2/p-2. The summed E-state index contributed by atoms with van der Waals surface area (Å²) in [7, 11) is 8.30. The summed E-state index contributed by atoms with van der Waals surface area (Å²) >= 11 is 5.80. The van der Waals surface area contributed by atoms with E-state index in [0.29, 0.717) is 0 Å². The Kier molecular flexibility index (Phi) is 16.9. The second-order valence-electron chi connectivity index (χ2n) is 6.80. The fourth-order valence-electron chi connectivity index (χ4n) is 2.28. The van der Waals surface area contributed by atoms with Crippen LogP contribution in [0.1, 0.15) is 11.1 Å². The van der Waals surface area contributed by atoms with Crippen molar-refractivity contribution in [3.8, 4) is 0 Å². The van der Waals surface area contributed by atoms with E-state index in [0.717, 1.165) is 13.1 Å². The predicted octanol–water partition coefficient (Wildman–Crippen LogP) is 2.19. The van der Waals surface area contributed by atoms with Crippen LogP contribution in [0.2, 0.25) is 0 Å². The molecule has 0 amide bonds. The second-order valence-corrected chi connectivity index (χ2v) is 8.78. The zero-order valence-corrected chi connectivity index (χ0v) is 24.5. The normalized spacial score (nSPS) is 9.59. The van der Waals surface area contributed by atoms with Gasteiger partial charge in [0, 0.05) is 13.1 Å². The molecule has 0 aliphatic heterocycles. The number of benzene rings is 3. The van der Waals surface area contributed by atoms with E-state index in [4.69, 9.17) is 0 Å². The predicted molar refractivity (Wildman–Crippen MR) is 129 cm³/mol. The first-order chi connectivity index (χ1) is 13.4. The molecule has 152 valence electrons. The molecule has 29 heavy (non-hydrogen) atoms. The van der Waals surface area contributed by atoms with Crippen LogP contribution in [0.5, 0.6) is 0 Å².